The molecule has 1 aromatic carbocycles. The monoisotopic (exact) mass is 365 g/mol. The zero-order valence-corrected chi connectivity index (χ0v) is 13.3. The van der Waals surface area contributed by atoms with Crippen molar-refractivity contribution in [2.75, 3.05) is 22.7 Å². The summed E-state index contributed by atoms with van der Waals surface area (Å²) in [6.07, 6.45) is -4.58. The van der Waals surface area contributed by atoms with E-state index in [1.807, 2.05) is 0 Å². The van der Waals surface area contributed by atoms with Gasteiger partial charge in [0.15, 0.2) is 11.5 Å². The molecule has 1 aromatic heterocycles. The summed E-state index contributed by atoms with van der Waals surface area (Å²) in [5.41, 5.74) is 4.62. The maximum absolute atomic E-state index is 12.9. The van der Waals surface area contributed by atoms with Crippen molar-refractivity contribution in [2.45, 2.75) is 13.1 Å². The van der Waals surface area contributed by atoms with Gasteiger partial charge in [-0.25, -0.2) is 4.98 Å². The molecule has 0 unspecified atom stereocenters. The van der Waals surface area contributed by atoms with Crippen LogP contribution >= 0.6 is 23.2 Å². The summed E-state index contributed by atoms with van der Waals surface area (Å²) in [6, 6.07) is 5.45. The minimum absolute atomic E-state index is 0.0608. The highest BCUT2D eigenvalue weighted by Gasteiger charge is 2.33. The van der Waals surface area contributed by atoms with Crippen LogP contribution in [0.15, 0.2) is 24.3 Å². The number of benzene rings is 1. The van der Waals surface area contributed by atoms with Crippen LogP contribution in [-0.2, 0) is 6.18 Å². The van der Waals surface area contributed by atoms with E-state index >= 15 is 0 Å². The van der Waals surface area contributed by atoms with Gasteiger partial charge in [0.25, 0.3) is 0 Å². The highest BCUT2D eigenvalue weighted by Crippen LogP contribution is 2.30. The molecule has 0 bridgehead atoms. The molecule has 0 spiro atoms. The Hall–Kier alpha value is -1.93. The van der Waals surface area contributed by atoms with Gasteiger partial charge in [0.05, 0.1) is 10.7 Å². The Morgan fingerprint density at radius 1 is 1.09 bits per heavy atom. The van der Waals surface area contributed by atoms with Gasteiger partial charge in [-0.3, -0.25) is 10.9 Å². The maximum atomic E-state index is 12.9. The summed E-state index contributed by atoms with van der Waals surface area (Å²) >= 11 is 11.7. The van der Waals surface area contributed by atoms with Crippen LogP contribution in [0.5, 0.6) is 0 Å². The smallest absolute Gasteiger partial charge is 0.354 e. The second kappa shape index (κ2) is 7.10. The zero-order chi connectivity index (χ0) is 17.0. The lowest BCUT2D eigenvalue weighted by atomic mass is 10.3. The minimum Gasteiger partial charge on any atom is -0.354 e. The predicted molar refractivity (Wildman–Crippen MR) is 84.9 cm³/mol. The molecule has 3 N–H and O–H groups in total. The summed E-state index contributed by atoms with van der Waals surface area (Å²) < 4.78 is 38.6. The average molecular weight is 366 g/mol. The Labute approximate surface area is 140 Å². The molecule has 0 amide bonds. The van der Waals surface area contributed by atoms with E-state index in [-0.39, 0.29) is 11.8 Å². The van der Waals surface area contributed by atoms with Crippen LogP contribution in [0.2, 0.25) is 10.0 Å². The first kappa shape index (κ1) is 17.4. The van der Waals surface area contributed by atoms with Crippen molar-refractivity contribution >= 4 is 40.7 Å². The summed E-state index contributed by atoms with van der Waals surface area (Å²) in [6.45, 7) is 2.11. The van der Waals surface area contributed by atoms with E-state index in [1.54, 1.807) is 19.1 Å². The topological polar surface area (TPSA) is 61.9 Å². The van der Waals surface area contributed by atoms with Crippen molar-refractivity contribution in [3.63, 3.8) is 0 Å². The molecule has 2 aromatic rings. The van der Waals surface area contributed by atoms with E-state index in [2.05, 4.69) is 26.1 Å². The predicted octanol–water partition coefficient (Wildman–Crippen LogP) is 4.67. The van der Waals surface area contributed by atoms with Gasteiger partial charge in [-0.15, -0.1) is 0 Å². The number of aromatic nitrogens is 2. The Morgan fingerprint density at radius 3 is 2.43 bits per heavy atom. The summed E-state index contributed by atoms with van der Waals surface area (Å²) in [5, 5.41) is 3.39. The molecule has 124 valence electrons. The van der Waals surface area contributed by atoms with Gasteiger partial charge >= 0.3 is 6.18 Å². The minimum atomic E-state index is -4.58. The summed E-state index contributed by atoms with van der Waals surface area (Å²) in [5.74, 6) is -0.192. The molecule has 0 saturated heterocycles. The van der Waals surface area contributed by atoms with E-state index in [0.29, 0.717) is 22.3 Å². The SMILES string of the molecule is CCNc1nc(NNc2ccc(Cl)cc2Cl)cc(C(F)(F)F)n1. The number of nitrogens with one attached hydrogen (secondary N) is 3. The molecule has 2 rings (SSSR count). The molecule has 0 radical (unpaired) electrons. The van der Waals surface area contributed by atoms with Gasteiger partial charge in [0.1, 0.15) is 0 Å². The molecule has 1 heterocycles. The molecule has 23 heavy (non-hydrogen) atoms. The second-order valence-corrected chi connectivity index (χ2v) is 5.21. The number of alkyl halides is 3. The van der Waals surface area contributed by atoms with Crippen molar-refractivity contribution in [3.05, 3.63) is 40.0 Å². The Kier molecular flexibility index (Phi) is 5.38. The van der Waals surface area contributed by atoms with Gasteiger partial charge in [-0.05, 0) is 25.1 Å². The normalized spacial score (nSPS) is 11.2. The molecule has 0 aliphatic carbocycles. The fourth-order valence-electron chi connectivity index (χ4n) is 1.62. The Balaban J connectivity index is 2.22. The number of rotatable bonds is 5. The van der Waals surface area contributed by atoms with E-state index in [4.69, 9.17) is 23.2 Å². The molecular formula is C13H12Cl2F3N5. The van der Waals surface area contributed by atoms with Crippen molar-refractivity contribution in [1.29, 1.82) is 0 Å². The van der Waals surface area contributed by atoms with Gasteiger partial charge < -0.3 is 5.32 Å². The van der Waals surface area contributed by atoms with E-state index in [9.17, 15) is 13.2 Å². The second-order valence-electron chi connectivity index (χ2n) is 4.36. The van der Waals surface area contributed by atoms with Gasteiger partial charge in [-0.1, -0.05) is 23.2 Å². The van der Waals surface area contributed by atoms with Crippen LogP contribution in [0.3, 0.4) is 0 Å². The largest absolute Gasteiger partial charge is 0.433 e. The first-order chi connectivity index (χ1) is 10.8. The highest BCUT2D eigenvalue weighted by molar-refractivity contribution is 6.36. The highest BCUT2D eigenvalue weighted by atomic mass is 35.5. The van der Waals surface area contributed by atoms with Crippen molar-refractivity contribution in [1.82, 2.24) is 9.97 Å². The van der Waals surface area contributed by atoms with Gasteiger partial charge in [0, 0.05) is 17.6 Å². The van der Waals surface area contributed by atoms with Crippen LogP contribution < -0.4 is 16.2 Å². The van der Waals surface area contributed by atoms with E-state index in [0.717, 1.165) is 6.07 Å². The third kappa shape index (κ3) is 4.77. The summed E-state index contributed by atoms with van der Waals surface area (Å²) in [7, 11) is 0. The van der Waals surface area contributed by atoms with Crippen LogP contribution in [0.25, 0.3) is 0 Å². The lowest BCUT2D eigenvalue weighted by Gasteiger charge is -2.14. The standard InChI is InChI=1S/C13H12Cl2F3N5/c1-2-19-12-20-10(13(16,17)18)6-11(21-12)23-22-9-4-3-7(14)5-8(9)15/h3-6,22H,2H2,1H3,(H2,19,20,21,23). The molecular weight excluding hydrogens is 354 g/mol. The van der Waals surface area contributed by atoms with Crippen molar-refractivity contribution in [3.8, 4) is 0 Å². The molecule has 0 aliphatic heterocycles. The lowest BCUT2D eigenvalue weighted by molar-refractivity contribution is -0.141. The number of anilines is 3. The molecule has 0 fully saturated rings. The van der Waals surface area contributed by atoms with Crippen LogP contribution in [0.1, 0.15) is 12.6 Å². The molecule has 5 nitrogen and oxygen atoms in total. The molecule has 0 saturated carbocycles. The molecule has 0 atom stereocenters. The third-order valence-electron chi connectivity index (χ3n) is 2.61. The van der Waals surface area contributed by atoms with Gasteiger partial charge in [-0.2, -0.15) is 18.2 Å². The number of hydrogen-bond acceptors (Lipinski definition) is 5. The first-order valence-electron chi connectivity index (χ1n) is 6.47. The van der Waals surface area contributed by atoms with Crippen molar-refractivity contribution in [2.24, 2.45) is 0 Å². The average Bonchev–Trinajstić information content (AvgIpc) is 2.45. The van der Waals surface area contributed by atoms with E-state index in [1.165, 1.54) is 6.07 Å². The number of hydrazine groups is 1. The molecule has 10 heteroatoms. The molecule has 0 aliphatic rings. The quantitative estimate of drug-likeness (QED) is 0.671. The van der Waals surface area contributed by atoms with Crippen LogP contribution in [-0.4, -0.2) is 16.5 Å². The fraction of sp³-hybridized carbons (Fsp3) is 0.231. The fourth-order valence-corrected chi connectivity index (χ4v) is 2.07. The zero-order valence-electron chi connectivity index (χ0n) is 11.8. The Morgan fingerprint density at radius 2 is 1.83 bits per heavy atom. The van der Waals surface area contributed by atoms with E-state index < -0.39 is 11.9 Å². The lowest BCUT2D eigenvalue weighted by Crippen LogP contribution is -2.16. The number of halogens is 5. The van der Waals surface area contributed by atoms with Gasteiger partial charge in [0.2, 0.25) is 5.95 Å². The number of hydrogen-bond donors (Lipinski definition) is 3. The first-order valence-corrected chi connectivity index (χ1v) is 7.22. The van der Waals surface area contributed by atoms with Crippen molar-refractivity contribution < 1.29 is 13.2 Å². The maximum Gasteiger partial charge on any atom is 0.433 e. The third-order valence-corrected chi connectivity index (χ3v) is 3.16. The number of nitrogens with zero attached hydrogens (tertiary/aromatic N) is 2. The van der Waals surface area contributed by atoms with Crippen LogP contribution in [0, 0.1) is 0 Å². The summed E-state index contributed by atoms with van der Waals surface area (Å²) in [4.78, 5) is 7.35. The van der Waals surface area contributed by atoms with Crippen LogP contribution in [0.4, 0.5) is 30.6 Å². The Bertz CT molecular complexity index is 694.